The van der Waals surface area contributed by atoms with Crippen LogP contribution < -0.4 is 0 Å². The fraction of sp³-hybridized carbons (Fsp3) is 0. The molecule has 3 nitrogen and oxygen atoms in total. The third-order valence-corrected chi connectivity index (χ3v) is 5.03. The predicted octanol–water partition coefficient (Wildman–Crippen LogP) is 5.34. The van der Waals surface area contributed by atoms with Gasteiger partial charge in [0.25, 0.3) is 0 Å². The Hall–Kier alpha value is -3.46. The molecular weight excluding hydrogens is 306 g/mol. The summed E-state index contributed by atoms with van der Waals surface area (Å²) < 4.78 is 2.07. The largest absolute Gasteiger partial charge is 0.283 e. The summed E-state index contributed by atoms with van der Waals surface area (Å²) in [6, 6.07) is 21.7. The van der Waals surface area contributed by atoms with Crippen molar-refractivity contribution in [3.63, 3.8) is 0 Å². The fourth-order valence-corrected chi connectivity index (χ4v) is 3.87. The Balaban J connectivity index is 1.91. The quantitative estimate of drug-likeness (QED) is 0.279. The SMILES string of the molecule is c1ccc2cc3cc4c(cc3cc2c1)c1cccnc1n1ccnc41. The molecule has 0 N–H and O–H groups in total. The Kier molecular flexibility index (Phi) is 2.35. The van der Waals surface area contributed by atoms with Crippen LogP contribution in [0.2, 0.25) is 0 Å². The average Bonchev–Trinajstić information content (AvgIpc) is 3.15. The van der Waals surface area contributed by atoms with Gasteiger partial charge < -0.3 is 0 Å². The van der Waals surface area contributed by atoms with E-state index in [4.69, 9.17) is 0 Å². The van der Waals surface area contributed by atoms with Crippen LogP contribution in [0, 0.1) is 0 Å². The van der Waals surface area contributed by atoms with E-state index in [2.05, 4.69) is 69.0 Å². The Bertz CT molecular complexity index is 1440. The van der Waals surface area contributed by atoms with Crippen LogP contribution >= 0.6 is 0 Å². The first-order valence-corrected chi connectivity index (χ1v) is 8.34. The van der Waals surface area contributed by atoms with Gasteiger partial charge in [-0.15, -0.1) is 0 Å². The van der Waals surface area contributed by atoms with E-state index in [0.717, 1.165) is 22.1 Å². The number of hydrogen-bond donors (Lipinski definition) is 0. The first kappa shape index (κ1) is 12.9. The molecule has 25 heavy (non-hydrogen) atoms. The van der Waals surface area contributed by atoms with Crippen molar-refractivity contribution in [3.05, 3.63) is 79.3 Å². The van der Waals surface area contributed by atoms with Crippen molar-refractivity contribution in [1.82, 2.24) is 14.4 Å². The van der Waals surface area contributed by atoms with Gasteiger partial charge in [0, 0.05) is 29.4 Å². The van der Waals surface area contributed by atoms with Crippen molar-refractivity contribution in [2.45, 2.75) is 0 Å². The highest BCUT2D eigenvalue weighted by Crippen LogP contribution is 2.33. The average molecular weight is 319 g/mol. The van der Waals surface area contributed by atoms with Gasteiger partial charge in [-0.1, -0.05) is 24.3 Å². The van der Waals surface area contributed by atoms with Gasteiger partial charge in [-0.3, -0.25) is 4.40 Å². The zero-order valence-corrected chi connectivity index (χ0v) is 13.3. The van der Waals surface area contributed by atoms with Crippen molar-refractivity contribution in [3.8, 4) is 0 Å². The highest BCUT2D eigenvalue weighted by Gasteiger charge is 2.11. The van der Waals surface area contributed by atoms with E-state index in [0.29, 0.717) is 0 Å². The normalized spacial score (nSPS) is 12.0. The lowest BCUT2D eigenvalue weighted by Gasteiger charge is -2.10. The lowest BCUT2D eigenvalue weighted by atomic mass is 9.99. The van der Waals surface area contributed by atoms with Crippen LogP contribution in [0.4, 0.5) is 0 Å². The summed E-state index contributed by atoms with van der Waals surface area (Å²) >= 11 is 0. The van der Waals surface area contributed by atoms with Crippen molar-refractivity contribution in [1.29, 1.82) is 0 Å². The Labute approximate surface area is 143 Å². The summed E-state index contributed by atoms with van der Waals surface area (Å²) in [5.74, 6) is 0. The van der Waals surface area contributed by atoms with Crippen LogP contribution in [0.5, 0.6) is 0 Å². The summed E-state index contributed by atoms with van der Waals surface area (Å²) in [5.41, 5.74) is 1.90. The minimum atomic E-state index is 0.947. The van der Waals surface area contributed by atoms with E-state index in [1.54, 1.807) is 0 Å². The molecule has 0 fully saturated rings. The number of imidazole rings is 1. The van der Waals surface area contributed by atoms with Gasteiger partial charge >= 0.3 is 0 Å². The molecule has 0 aliphatic heterocycles. The molecule has 0 saturated carbocycles. The molecular formula is C22H13N3. The van der Waals surface area contributed by atoms with Crippen molar-refractivity contribution >= 4 is 49.0 Å². The van der Waals surface area contributed by atoms with Gasteiger partial charge in [0.15, 0.2) is 0 Å². The number of benzene rings is 3. The van der Waals surface area contributed by atoms with E-state index < -0.39 is 0 Å². The monoisotopic (exact) mass is 319 g/mol. The number of hydrogen-bond acceptors (Lipinski definition) is 2. The number of rotatable bonds is 0. The van der Waals surface area contributed by atoms with Gasteiger partial charge in [0.05, 0.1) is 0 Å². The third kappa shape index (κ3) is 1.69. The van der Waals surface area contributed by atoms with Crippen molar-refractivity contribution in [2.75, 3.05) is 0 Å². The Morgan fingerprint density at radius 2 is 1.24 bits per heavy atom. The molecule has 3 aromatic heterocycles. The third-order valence-electron chi connectivity index (χ3n) is 5.03. The van der Waals surface area contributed by atoms with Gasteiger partial charge in [-0.2, -0.15) is 0 Å². The second kappa shape index (κ2) is 4.54. The van der Waals surface area contributed by atoms with Crippen molar-refractivity contribution < 1.29 is 0 Å². The summed E-state index contributed by atoms with van der Waals surface area (Å²) in [5, 5.41) is 8.51. The zero-order valence-electron chi connectivity index (χ0n) is 13.3. The maximum Gasteiger partial charge on any atom is 0.146 e. The summed E-state index contributed by atoms with van der Waals surface area (Å²) in [6.45, 7) is 0. The molecule has 0 atom stereocenters. The van der Waals surface area contributed by atoms with E-state index in [9.17, 15) is 0 Å². The van der Waals surface area contributed by atoms with Gasteiger partial charge in [-0.25, -0.2) is 9.97 Å². The fourth-order valence-electron chi connectivity index (χ4n) is 3.87. The predicted molar refractivity (Wildman–Crippen MR) is 103 cm³/mol. The minimum Gasteiger partial charge on any atom is -0.283 e. The molecule has 0 unspecified atom stereocenters. The van der Waals surface area contributed by atoms with E-state index in [1.165, 1.54) is 26.9 Å². The highest BCUT2D eigenvalue weighted by molar-refractivity contribution is 6.16. The molecule has 0 bridgehead atoms. The zero-order chi connectivity index (χ0) is 16.4. The standard InChI is InChI=1S/C22H13N3/c1-2-5-15-11-17-13-20-19(12-16(17)10-14(15)4-1)18-6-3-7-23-21(18)25-9-8-24-22(20)25/h1-13H. The maximum atomic E-state index is 4.59. The molecule has 0 aliphatic carbocycles. The first-order chi connectivity index (χ1) is 12.4. The maximum absolute atomic E-state index is 4.59. The summed E-state index contributed by atoms with van der Waals surface area (Å²) in [6.07, 6.45) is 5.66. The topological polar surface area (TPSA) is 30.2 Å². The van der Waals surface area contributed by atoms with Crippen LogP contribution in [0.1, 0.15) is 0 Å². The lowest BCUT2D eigenvalue weighted by Crippen LogP contribution is -1.93. The molecule has 0 saturated heterocycles. The molecule has 0 radical (unpaired) electrons. The second-order valence-corrected chi connectivity index (χ2v) is 6.44. The summed E-state index contributed by atoms with van der Waals surface area (Å²) in [7, 11) is 0. The Morgan fingerprint density at radius 3 is 2.04 bits per heavy atom. The number of nitrogens with zero attached hydrogens (tertiary/aromatic N) is 3. The van der Waals surface area contributed by atoms with Crippen LogP contribution in [0.15, 0.2) is 79.3 Å². The van der Waals surface area contributed by atoms with Gasteiger partial charge in [-0.05, 0) is 63.3 Å². The van der Waals surface area contributed by atoms with Gasteiger partial charge in [0.2, 0.25) is 0 Å². The molecule has 116 valence electrons. The van der Waals surface area contributed by atoms with Gasteiger partial charge in [0.1, 0.15) is 11.3 Å². The highest BCUT2D eigenvalue weighted by atomic mass is 15.0. The molecule has 6 rings (SSSR count). The smallest absolute Gasteiger partial charge is 0.146 e. The van der Waals surface area contributed by atoms with Crippen LogP contribution in [-0.2, 0) is 0 Å². The molecule has 3 heterocycles. The van der Waals surface area contributed by atoms with Crippen LogP contribution in [0.3, 0.4) is 0 Å². The summed E-state index contributed by atoms with van der Waals surface area (Å²) in [4.78, 5) is 9.17. The second-order valence-electron chi connectivity index (χ2n) is 6.44. The van der Waals surface area contributed by atoms with Crippen molar-refractivity contribution in [2.24, 2.45) is 0 Å². The molecule has 6 aromatic rings. The molecule has 3 aromatic carbocycles. The molecule has 0 amide bonds. The Morgan fingerprint density at radius 1 is 0.560 bits per heavy atom. The van der Waals surface area contributed by atoms with E-state index in [1.807, 2.05) is 24.7 Å². The molecule has 0 spiro atoms. The number of fused-ring (bicyclic) bond motifs is 8. The van der Waals surface area contributed by atoms with E-state index in [-0.39, 0.29) is 0 Å². The van der Waals surface area contributed by atoms with E-state index >= 15 is 0 Å². The molecule has 3 heteroatoms. The van der Waals surface area contributed by atoms with Crippen LogP contribution in [0.25, 0.3) is 49.0 Å². The minimum absolute atomic E-state index is 0.947. The number of aromatic nitrogens is 3. The first-order valence-electron chi connectivity index (χ1n) is 8.34. The number of pyridine rings is 2. The lowest BCUT2D eigenvalue weighted by molar-refractivity contribution is 1.20. The van der Waals surface area contributed by atoms with Crippen LogP contribution in [-0.4, -0.2) is 14.4 Å². The molecule has 0 aliphatic rings.